The van der Waals surface area contributed by atoms with Crippen LogP contribution in [-0.4, -0.2) is 20.8 Å². The minimum absolute atomic E-state index is 0.0306. The molecule has 2 aromatic heterocycles. The van der Waals surface area contributed by atoms with Crippen molar-refractivity contribution in [2.45, 2.75) is 33.4 Å². The zero-order valence-corrected chi connectivity index (χ0v) is 13.6. The van der Waals surface area contributed by atoms with Crippen molar-refractivity contribution in [3.05, 3.63) is 34.5 Å². The van der Waals surface area contributed by atoms with Crippen LogP contribution in [0.4, 0.5) is 4.79 Å². The molecule has 7 heteroatoms. The van der Waals surface area contributed by atoms with Crippen LogP contribution in [0.2, 0.25) is 0 Å². The van der Waals surface area contributed by atoms with Gasteiger partial charge in [-0.2, -0.15) is 5.10 Å². The highest BCUT2D eigenvalue weighted by molar-refractivity contribution is 7.10. The molecule has 6 nitrogen and oxygen atoms in total. The van der Waals surface area contributed by atoms with Gasteiger partial charge in [-0.25, -0.2) is 9.78 Å². The fourth-order valence-corrected chi connectivity index (χ4v) is 3.01. The topological polar surface area (TPSA) is 71.8 Å². The number of aromatic nitrogens is 3. The van der Waals surface area contributed by atoms with Crippen LogP contribution in [0.5, 0.6) is 0 Å². The van der Waals surface area contributed by atoms with Gasteiger partial charge in [-0.15, -0.1) is 11.3 Å². The Hall–Kier alpha value is -1.89. The van der Waals surface area contributed by atoms with Crippen LogP contribution in [0.3, 0.4) is 0 Å². The molecule has 0 saturated heterocycles. The maximum atomic E-state index is 12.1. The van der Waals surface area contributed by atoms with E-state index in [0.29, 0.717) is 12.4 Å². The van der Waals surface area contributed by atoms with Gasteiger partial charge in [0.1, 0.15) is 12.2 Å². The van der Waals surface area contributed by atoms with Crippen molar-refractivity contribution in [2.75, 3.05) is 0 Å². The van der Waals surface area contributed by atoms with Crippen LogP contribution in [0.25, 0.3) is 0 Å². The van der Waals surface area contributed by atoms with E-state index in [9.17, 15) is 4.79 Å². The summed E-state index contributed by atoms with van der Waals surface area (Å²) in [7, 11) is 1.80. The Kier molecular flexibility index (Phi) is 4.62. The summed E-state index contributed by atoms with van der Waals surface area (Å²) in [4.78, 5) is 17.4. The first-order valence-corrected chi connectivity index (χ1v) is 7.66. The molecule has 0 radical (unpaired) electrons. The molecular weight excluding hydrogens is 286 g/mol. The quantitative estimate of drug-likeness (QED) is 0.911. The van der Waals surface area contributed by atoms with Crippen LogP contribution < -0.4 is 10.6 Å². The SMILES string of the molecule is Cn1ncnc1CNC(=O)NC(c1cccs1)C(C)(C)C. The predicted octanol–water partition coefficient (Wildman–Crippen LogP) is 2.46. The molecule has 0 bridgehead atoms. The molecule has 0 aliphatic carbocycles. The van der Waals surface area contributed by atoms with E-state index < -0.39 is 0 Å². The lowest BCUT2D eigenvalue weighted by molar-refractivity contribution is 0.219. The third-order valence-electron chi connectivity index (χ3n) is 3.18. The summed E-state index contributed by atoms with van der Waals surface area (Å²) >= 11 is 1.65. The molecule has 2 rings (SSSR count). The van der Waals surface area contributed by atoms with Crippen LogP contribution in [0.1, 0.15) is 37.5 Å². The molecule has 0 spiro atoms. The van der Waals surface area contributed by atoms with Crippen LogP contribution in [0.15, 0.2) is 23.8 Å². The van der Waals surface area contributed by atoms with Gasteiger partial charge in [0.25, 0.3) is 0 Å². The Balaban J connectivity index is 1.97. The molecule has 2 aromatic rings. The first kappa shape index (κ1) is 15.5. The van der Waals surface area contributed by atoms with E-state index in [1.165, 1.54) is 6.33 Å². The molecule has 2 N–H and O–H groups in total. The predicted molar refractivity (Wildman–Crippen MR) is 82.9 cm³/mol. The summed E-state index contributed by atoms with van der Waals surface area (Å²) in [6.07, 6.45) is 1.47. The van der Waals surface area contributed by atoms with Gasteiger partial charge < -0.3 is 10.6 Å². The van der Waals surface area contributed by atoms with Gasteiger partial charge in [-0.3, -0.25) is 4.68 Å². The zero-order chi connectivity index (χ0) is 15.5. The second-order valence-electron chi connectivity index (χ2n) is 5.94. The maximum Gasteiger partial charge on any atom is 0.315 e. The number of aryl methyl sites for hydroxylation is 1. The lowest BCUT2D eigenvalue weighted by Gasteiger charge is -2.30. The fraction of sp³-hybridized carbons (Fsp3) is 0.500. The van der Waals surface area contributed by atoms with E-state index >= 15 is 0 Å². The van der Waals surface area contributed by atoms with E-state index in [0.717, 1.165) is 4.88 Å². The highest BCUT2D eigenvalue weighted by Crippen LogP contribution is 2.34. The van der Waals surface area contributed by atoms with Gasteiger partial charge in [0.15, 0.2) is 0 Å². The number of amides is 2. The standard InChI is InChI=1S/C14H21N5OS/c1-14(2,3)12(10-6-5-7-21-10)18-13(20)15-8-11-16-9-17-19(11)4/h5-7,9,12H,8H2,1-4H3,(H2,15,18,20). The average Bonchev–Trinajstić information content (AvgIpc) is 3.03. The highest BCUT2D eigenvalue weighted by Gasteiger charge is 2.28. The number of carbonyl (C=O) groups excluding carboxylic acids is 1. The molecule has 0 aliphatic heterocycles. The lowest BCUT2D eigenvalue weighted by atomic mass is 9.86. The van der Waals surface area contributed by atoms with Crippen molar-refractivity contribution in [3.8, 4) is 0 Å². The molecule has 0 aromatic carbocycles. The van der Waals surface area contributed by atoms with Crippen LogP contribution >= 0.6 is 11.3 Å². The first-order valence-electron chi connectivity index (χ1n) is 6.78. The van der Waals surface area contributed by atoms with Crippen molar-refractivity contribution >= 4 is 17.4 Å². The third kappa shape index (κ3) is 4.04. The lowest BCUT2D eigenvalue weighted by Crippen LogP contribution is -2.42. The summed E-state index contributed by atoms with van der Waals surface area (Å²) in [5.41, 5.74) is -0.0625. The summed E-state index contributed by atoms with van der Waals surface area (Å²) < 4.78 is 1.64. The number of nitrogens with one attached hydrogen (secondary N) is 2. The summed E-state index contributed by atoms with van der Waals surface area (Å²) in [6, 6.07) is 3.81. The molecule has 0 fully saturated rings. The number of nitrogens with zero attached hydrogens (tertiary/aromatic N) is 3. The van der Waals surface area contributed by atoms with Crippen LogP contribution in [-0.2, 0) is 13.6 Å². The first-order chi connectivity index (χ1) is 9.88. The normalized spacial score (nSPS) is 13.0. The second-order valence-corrected chi connectivity index (χ2v) is 6.92. The highest BCUT2D eigenvalue weighted by atomic mass is 32.1. The Morgan fingerprint density at radius 1 is 1.48 bits per heavy atom. The minimum atomic E-state index is -0.202. The molecule has 2 amide bonds. The summed E-state index contributed by atoms with van der Waals surface area (Å²) in [6.45, 7) is 6.69. The van der Waals surface area contributed by atoms with Gasteiger partial charge in [-0.05, 0) is 16.9 Å². The zero-order valence-electron chi connectivity index (χ0n) is 12.8. The van der Waals surface area contributed by atoms with Crippen molar-refractivity contribution < 1.29 is 4.79 Å². The summed E-state index contributed by atoms with van der Waals surface area (Å²) in [5, 5.41) is 11.9. The van der Waals surface area contributed by atoms with Gasteiger partial charge >= 0.3 is 6.03 Å². The van der Waals surface area contributed by atoms with E-state index in [2.05, 4.69) is 41.5 Å². The maximum absolute atomic E-state index is 12.1. The summed E-state index contributed by atoms with van der Waals surface area (Å²) in [5.74, 6) is 0.716. The van der Waals surface area contributed by atoms with E-state index in [4.69, 9.17) is 0 Å². The average molecular weight is 307 g/mol. The molecule has 1 unspecified atom stereocenters. The number of carbonyl (C=O) groups is 1. The van der Waals surface area contributed by atoms with Crippen LogP contribution in [0, 0.1) is 5.41 Å². The van der Waals surface area contributed by atoms with Gasteiger partial charge in [0.2, 0.25) is 0 Å². The van der Waals surface area contributed by atoms with Gasteiger partial charge in [0, 0.05) is 11.9 Å². The number of hydrogen-bond acceptors (Lipinski definition) is 4. The molecule has 0 aliphatic rings. The number of hydrogen-bond donors (Lipinski definition) is 2. The fourth-order valence-electron chi connectivity index (χ4n) is 1.99. The van der Waals surface area contributed by atoms with E-state index in [-0.39, 0.29) is 17.5 Å². The monoisotopic (exact) mass is 307 g/mol. The third-order valence-corrected chi connectivity index (χ3v) is 4.12. The smallest absolute Gasteiger partial charge is 0.315 e. The largest absolute Gasteiger partial charge is 0.331 e. The molecule has 0 saturated carbocycles. The van der Waals surface area contributed by atoms with Gasteiger partial charge in [0.05, 0.1) is 12.6 Å². The Morgan fingerprint density at radius 2 is 2.24 bits per heavy atom. The Labute approximate surface area is 128 Å². The second kappa shape index (κ2) is 6.26. The van der Waals surface area contributed by atoms with Gasteiger partial charge in [-0.1, -0.05) is 26.8 Å². The van der Waals surface area contributed by atoms with Crippen molar-refractivity contribution in [3.63, 3.8) is 0 Å². The molecular formula is C14H21N5OS. The number of rotatable bonds is 4. The Bertz CT molecular complexity index is 585. The van der Waals surface area contributed by atoms with Crippen molar-refractivity contribution in [1.82, 2.24) is 25.4 Å². The molecule has 2 heterocycles. The minimum Gasteiger partial charge on any atom is -0.331 e. The number of urea groups is 1. The molecule has 1 atom stereocenters. The number of thiophene rings is 1. The Morgan fingerprint density at radius 3 is 2.76 bits per heavy atom. The van der Waals surface area contributed by atoms with Crippen molar-refractivity contribution in [2.24, 2.45) is 12.5 Å². The molecule has 114 valence electrons. The van der Waals surface area contributed by atoms with E-state index in [1.54, 1.807) is 23.1 Å². The van der Waals surface area contributed by atoms with Crippen molar-refractivity contribution in [1.29, 1.82) is 0 Å². The van der Waals surface area contributed by atoms with E-state index in [1.807, 2.05) is 17.5 Å². The molecule has 21 heavy (non-hydrogen) atoms.